The van der Waals surface area contributed by atoms with Gasteiger partial charge in [0.2, 0.25) is 17.7 Å². The minimum atomic E-state index is -0.676. The minimum Gasteiger partial charge on any atom is -0.394 e. The number of carbonyl (C=O) groups excluding carboxylic acids is 3. The first-order valence-corrected chi connectivity index (χ1v) is 14.4. The molecular formula is C28H45N3O4S. The molecule has 7 nitrogen and oxygen atoms in total. The van der Waals surface area contributed by atoms with Gasteiger partial charge in [-0.3, -0.25) is 14.4 Å². The van der Waals surface area contributed by atoms with E-state index >= 15 is 0 Å². The molecule has 36 heavy (non-hydrogen) atoms. The smallest absolute Gasteiger partial charge is 0.247 e. The zero-order chi connectivity index (χ0) is 26.6. The molecule has 3 fully saturated rings. The van der Waals surface area contributed by atoms with E-state index in [1.54, 1.807) is 40.8 Å². The maximum absolute atomic E-state index is 14.3. The average molecular weight is 520 g/mol. The van der Waals surface area contributed by atoms with Crippen molar-refractivity contribution in [2.75, 3.05) is 33.3 Å². The van der Waals surface area contributed by atoms with Gasteiger partial charge in [0, 0.05) is 31.9 Å². The molecule has 0 aliphatic carbocycles. The molecule has 2 unspecified atom stereocenters. The topological polar surface area (TPSA) is 81.2 Å². The number of fused-ring (bicyclic) bond motifs is 1. The van der Waals surface area contributed by atoms with Crippen molar-refractivity contribution in [2.45, 2.75) is 81.4 Å². The Balaban J connectivity index is 2.05. The lowest BCUT2D eigenvalue weighted by Crippen LogP contribution is -2.57. The summed E-state index contributed by atoms with van der Waals surface area (Å²) in [5.74, 6) is -0.997. The highest BCUT2D eigenvalue weighted by atomic mass is 32.2. The van der Waals surface area contributed by atoms with E-state index < -0.39 is 28.7 Å². The molecule has 3 aliphatic heterocycles. The number of amides is 3. The number of unbranched alkanes of at least 4 members (excludes halogenated alkanes) is 2. The Morgan fingerprint density at radius 1 is 1.22 bits per heavy atom. The summed E-state index contributed by atoms with van der Waals surface area (Å²) < 4.78 is -0.636. The van der Waals surface area contributed by atoms with Crippen molar-refractivity contribution in [2.24, 2.45) is 17.8 Å². The predicted octanol–water partition coefficient (Wildman–Crippen LogP) is 3.33. The highest BCUT2D eigenvalue weighted by molar-refractivity contribution is 8.02. The van der Waals surface area contributed by atoms with Crippen molar-refractivity contribution in [1.82, 2.24) is 14.7 Å². The van der Waals surface area contributed by atoms with Crippen LogP contribution in [-0.2, 0) is 14.4 Å². The molecule has 3 heterocycles. The van der Waals surface area contributed by atoms with Gasteiger partial charge in [0.25, 0.3) is 0 Å². The van der Waals surface area contributed by atoms with Crippen molar-refractivity contribution < 1.29 is 19.5 Å². The van der Waals surface area contributed by atoms with Gasteiger partial charge in [-0.15, -0.1) is 24.9 Å². The summed E-state index contributed by atoms with van der Waals surface area (Å²) in [7, 11) is 1.75. The number of thioether (sulfide) groups is 1. The standard InChI is InChI=1S/C28H45N3O4S/c1-7-10-11-16-30(15-9-3)27(35)24-28-13-12-21(36-28)22(25(33)29(6)14-8-2)23(28)26(34)31(24)20(18-32)17-19(4)5/h8-9,19-24,32H,2-3,7,10-18H2,1,4-6H3/t20-,21-,22+,23+,24?,28?/m1/s1. The van der Waals surface area contributed by atoms with Crippen LogP contribution in [0.5, 0.6) is 0 Å². The second-order valence-electron chi connectivity index (χ2n) is 11.1. The fourth-order valence-corrected chi connectivity index (χ4v) is 8.77. The summed E-state index contributed by atoms with van der Waals surface area (Å²) in [6.45, 7) is 15.1. The molecule has 6 atom stereocenters. The van der Waals surface area contributed by atoms with Crippen molar-refractivity contribution >= 4 is 29.5 Å². The summed E-state index contributed by atoms with van der Waals surface area (Å²) in [5.41, 5.74) is 0. The third kappa shape index (κ3) is 5.13. The van der Waals surface area contributed by atoms with Crippen molar-refractivity contribution in [3.05, 3.63) is 25.3 Å². The van der Waals surface area contributed by atoms with E-state index in [0.717, 1.165) is 32.1 Å². The van der Waals surface area contributed by atoms with Gasteiger partial charge in [-0.25, -0.2) is 0 Å². The van der Waals surface area contributed by atoms with E-state index in [1.807, 2.05) is 4.90 Å². The quantitative estimate of drug-likeness (QED) is 0.281. The van der Waals surface area contributed by atoms with Crippen LogP contribution < -0.4 is 0 Å². The van der Waals surface area contributed by atoms with Crippen LogP contribution in [0.15, 0.2) is 25.3 Å². The van der Waals surface area contributed by atoms with Crippen molar-refractivity contribution in [1.29, 1.82) is 0 Å². The Morgan fingerprint density at radius 2 is 1.92 bits per heavy atom. The van der Waals surface area contributed by atoms with E-state index in [9.17, 15) is 19.5 Å². The van der Waals surface area contributed by atoms with Crippen LogP contribution >= 0.6 is 11.8 Å². The number of aliphatic hydroxyl groups is 1. The van der Waals surface area contributed by atoms with E-state index in [-0.39, 0.29) is 35.5 Å². The lowest BCUT2D eigenvalue weighted by molar-refractivity contribution is -0.147. The summed E-state index contributed by atoms with van der Waals surface area (Å²) in [5, 5.41) is 10.4. The fourth-order valence-electron chi connectivity index (χ4n) is 6.58. The van der Waals surface area contributed by atoms with Gasteiger partial charge in [-0.2, -0.15) is 0 Å². The van der Waals surface area contributed by atoms with Gasteiger partial charge in [0.1, 0.15) is 6.04 Å². The number of rotatable bonds is 14. The minimum absolute atomic E-state index is 0.0294. The van der Waals surface area contributed by atoms with E-state index in [4.69, 9.17) is 0 Å². The molecule has 3 aliphatic rings. The molecule has 8 heteroatoms. The number of likely N-dealkylation sites (tertiary alicyclic amines) is 1. The summed E-state index contributed by atoms with van der Waals surface area (Å²) in [6, 6.07) is -1.13. The van der Waals surface area contributed by atoms with Crippen LogP contribution in [0.2, 0.25) is 0 Å². The van der Waals surface area contributed by atoms with E-state index in [2.05, 4.69) is 33.9 Å². The van der Waals surface area contributed by atoms with Crippen LogP contribution in [0.25, 0.3) is 0 Å². The molecular weight excluding hydrogens is 474 g/mol. The molecule has 3 rings (SSSR count). The molecule has 2 bridgehead atoms. The maximum Gasteiger partial charge on any atom is 0.247 e. The first-order valence-electron chi connectivity index (χ1n) is 13.5. The summed E-state index contributed by atoms with van der Waals surface area (Å²) >= 11 is 1.69. The molecule has 1 N–H and O–H groups in total. The molecule has 0 aromatic heterocycles. The van der Waals surface area contributed by atoms with E-state index in [0.29, 0.717) is 26.1 Å². The molecule has 202 valence electrons. The zero-order valence-electron chi connectivity index (χ0n) is 22.5. The van der Waals surface area contributed by atoms with Gasteiger partial charge in [-0.1, -0.05) is 45.8 Å². The first-order chi connectivity index (χ1) is 17.2. The highest BCUT2D eigenvalue weighted by Gasteiger charge is 2.74. The Hall–Kier alpha value is -1.80. The third-order valence-corrected chi connectivity index (χ3v) is 10.0. The van der Waals surface area contributed by atoms with Gasteiger partial charge >= 0.3 is 0 Å². The Morgan fingerprint density at radius 3 is 2.50 bits per heavy atom. The van der Waals surface area contributed by atoms with Gasteiger partial charge in [0.15, 0.2) is 0 Å². The largest absolute Gasteiger partial charge is 0.394 e. The normalized spacial score (nSPS) is 29.4. The molecule has 0 aromatic carbocycles. The number of likely N-dealkylation sites (N-methyl/N-ethyl adjacent to an activating group) is 1. The van der Waals surface area contributed by atoms with Crippen LogP contribution in [0.1, 0.15) is 59.3 Å². The number of hydrogen-bond acceptors (Lipinski definition) is 5. The molecule has 0 radical (unpaired) electrons. The number of nitrogens with zero attached hydrogens (tertiary/aromatic N) is 3. The number of carbonyl (C=O) groups is 3. The monoisotopic (exact) mass is 519 g/mol. The lowest BCUT2D eigenvalue weighted by Gasteiger charge is -2.40. The Labute approximate surface area is 221 Å². The van der Waals surface area contributed by atoms with Crippen molar-refractivity contribution in [3.63, 3.8) is 0 Å². The highest BCUT2D eigenvalue weighted by Crippen LogP contribution is 2.67. The summed E-state index contributed by atoms with van der Waals surface area (Å²) in [6.07, 6.45) is 8.56. The molecule has 3 saturated heterocycles. The van der Waals surface area contributed by atoms with Gasteiger partial charge in [-0.05, 0) is 31.6 Å². The van der Waals surface area contributed by atoms with Crippen molar-refractivity contribution in [3.8, 4) is 0 Å². The SMILES string of the molecule is C=CCN(C)C(=O)[C@@H]1[C@H]2C(=O)N([C@@H](CO)CC(C)C)C(C(=O)N(CC=C)CCCCC)C23CC[C@H]1S3. The van der Waals surface area contributed by atoms with Crippen LogP contribution in [0.4, 0.5) is 0 Å². The number of aliphatic hydroxyl groups excluding tert-OH is 1. The van der Waals surface area contributed by atoms with Crippen LogP contribution in [0, 0.1) is 17.8 Å². The first kappa shape index (κ1) is 28.8. The Bertz CT molecular complexity index is 849. The molecule has 3 amide bonds. The predicted molar refractivity (Wildman–Crippen MR) is 145 cm³/mol. The van der Waals surface area contributed by atoms with Gasteiger partial charge in [0.05, 0.1) is 29.2 Å². The molecule has 0 aromatic rings. The van der Waals surface area contributed by atoms with E-state index in [1.165, 1.54) is 0 Å². The molecule has 0 saturated carbocycles. The second kappa shape index (κ2) is 12.2. The average Bonchev–Trinajstić information content (AvgIpc) is 3.48. The maximum atomic E-state index is 14.3. The second-order valence-corrected chi connectivity index (χ2v) is 12.7. The third-order valence-electron chi connectivity index (χ3n) is 8.08. The number of hydrogen-bond donors (Lipinski definition) is 1. The lowest BCUT2D eigenvalue weighted by atomic mass is 9.70. The summed E-state index contributed by atoms with van der Waals surface area (Å²) in [4.78, 5) is 47.3. The van der Waals surface area contributed by atoms with Gasteiger partial charge < -0.3 is 19.8 Å². The fraction of sp³-hybridized carbons (Fsp3) is 0.750. The zero-order valence-corrected chi connectivity index (χ0v) is 23.3. The van der Waals surface area contributed by atoms with Crippen LogP contribution in [-0.4, -0.2) is 92.9 Å². The van der Waals surface area contributed by atoms with Crippen LogP contribution in [0.3, 0.4) is 0 Å². The molecule has 1 spiro atoms. The Kier molecular flexibility index (Phi) is 9.72.